The number of hydrogen-bond acceptors (Lipinski definition) is 6. The van der Waals surface area contributed by atoms with Crippen LogP contribution in [-0.4, -0.2) is 28.8 Å². The zero-order valence-corrected chi connectivity index (χ0v) is 13.2. The van der Waals surface area contributed by atoms with E-state index in [4.69, 9.17) is 14.0 Å². The van der Waals surface area contributed by atoms with Gasteiger partial charge in [0, 0.05) is 5.56 Å². The van der Waals surface area contributed by atoms with Crippen molar-refractivity contribution in [1.29, 1.82) is 0 Å². The SMILES string of the molecule is C=CCOC(C)C(=O)OCc1nc(-c2ccc(C(F)(F)F)cc2)no1. The van der Waals surface area contributed by atoms with Crippen LogP contribution in [-0.2, 0) is 27.1 Å². The Morgan fingerprint density at radius 3 is 2.64 bits per heavy atom. The minimum atomic E-state index is -4.42. The van der Waals surface area contributed by atoms with Gasteiger partial charge in [0.2, 0.25) is 5.82 Å². The Morgan fingerprint density at radius 2 is 2.04 bits per heavy atom. The molecule has 0 aliphatic carbocycles. The smallest absolute Gasteiger partial charge is 0.416 e. The molecule has 0 spiro atoms. The quantitative estimate of drug-likeness (QED) is 0.559. The van der Waals surface area contributed by atoms with Crippen molar-refractivity contribution in [3.05, 3.63) is 48.4 Å². The summed E-state index contributed by atoms with van der Waals surface area (Å²) >= 11 is 0. The van der Waals surface area contributed by atoms with Gasteiger partial charge in [-0.1, -0.05) is 23.4 Å². The molecule has 0 radical (unpaired) electrons. The van der Waals surface area contributed by atoms with Crippen LogP contribution in [0.25, 0.3) is 11.4 Å². The molecular formula is C16H15F3N2O4. The van der Waals surface area contributed by atoms with Gasteiger partial charge in [0.05, 0.1) is 12.2 Å². The van der Waals surface area contributed by atoms with Crippen molar-refractivity contribution in [3.8, 4) is 11.4 Å². The second kappa shape index (κ2) is 7.93. The van der Waals surface area contributed by atoms with Gasteiger partial charge in [-0.15, -0.1) is 6.58 Å². The maximum Gasteiger partial charge on any atom is 0.416 e. The fourth-order valence-corrected chi connectivity index (χ4v) is 1.77. The minimum Gasteiger partial charge on any atom is -0.454 e. The summed E-state index contributed by atoms with van der Waals surface area (Å²) in [5.41, 5.74) is -0.431. The number of carbonyl (C=O) groups is 1. The van der Waals surface area contributed by atoms with Crippen LogP contribution in [0.4, 0.5) is 13.2 Å². The van der Waals surface area contributed by atoms with Crippen molar-refractivity contribution < 1.29 is 32.0 Å². The Bertz CT molecular complexity index is 726. The third-order valence-corrected chi connectivity index (χ3v) is 3.07. The van der Waals surface area contributed by atoms with Crippen molar-refractivity contribution in [2.24, 2.45) is 0 Å². The second-order valence-electron chi connectivity index (χ2n) is 4.96. The summed E-state index contributed by atoms with van der Waals surface area (Å²) < 4.78 is 52.6. The molecule has 9 heteroatoms. The molecule has 1 heterocycles. The summed E-state index contributed by atoms with van der Waals surface area (Å²) in [5, 5.41) is 3.65. The van der Waals surface area contributed by atoms with E-state index in [-0.39, 0.29) is 24.9 Å². The van der Waals surface area contributed by atoms with Crippen LogP contribution in [0.2, 0.25) is 0 Å². The molecule has 2 aromatic rings. The van der Waals surface area contributed by atoms with E-state index in [0.29, 0.717) is 5.56 Å². The molecule has 25 heavy (non-hydrogen) atoms. The van der Waals surface area contributed by atoms with Crippen LogP contribution < -0.4 is 0 Å². The number of benzene rings is 1. The number of alkyl halides is 3. The van der Waals surface area contributed by atoms with Crippen LogP contribution in [0, 0.1) is 0 Å². The zero-order valence-electron chi connectivity index (χ0n) is 13.2. The molecule has 1 unspecified atom stereocenters. The predicted molar refractivity (Wildman–Crippen MR) is 80.1 cm³/mol. The molecule has 1 atom stereocenters. The molecule has 0 saturated heterocycles. The summed E-state index contributed by atoms with van der Waals surface area (Å²) in [6, 6.07) is 4.30. The number of aromatic nitrogens is 2. The van der Waals surface area contributed by atoms with Gasteiger partial charge in [0.1, 0.15) is 0 Å². The number of hydrogen-bond donors (Lipinski definition) is 0. The van der Waals surface area contributed by atoms with Gasteiger partial charge in [-0.3, -0.25) is 0 Å². The molecule has 0 saturated carbocycles. The van der Waals surface area contributed by atoms with Crippen LogP contribution >= 0.6 is 0 Å². The van der Waals surface area contributed by atoms with E-state index in [1.54, 1.807) is 0 Å². The highest BCUT2D eigenvalue weighted by molar-refractivity contribution is 5.74. The Hall–Kier alpha value is -2.68. The Labute approximate surface area is 141 Å². The molecule has 1 aromatic heterocycles. The van der Waals surface area contributed by atoms with Gasteiger partial charge in [-0.05, 0) is 19.1 Å². The highest BCUT2D eigenvalue weighted by atomic mass is 19.4. The number of nitrogens with zero attached hydrogens (tertiary/aromatic N) is 2. The first-order chi connectivity index (χ1) is 11.8. The first kappa shape index (κ1) is 18.7. The molecule has 0 bridgehead atoms. The first-order valence-corrected chi connectivity index (χ1v) is 7.20. The lowest BCUT2D eigenvalue weighted by atomic mass is 10.1. The number of esters is 1. The highest BCUT2D eigenvalue weighted by Gasteiger charge is 2.30. The highest BCUT2D eigenvalue weighted by Crippen LogP contribution is 2.30. The third-order valence-electron chi connectivity index (χ3n) is 3.07. The lowest BCUT2D eigenvalue weighted by molar-refractivity contribution is -0.157. The Morgan fingerprint density at radius 1 is 1.36 bits per heavy atom. The molecule has 0 N–H and O–H groups in total. The van der Waals surface area contributed by atoms with Crippen molar-refractivity contribution >= 4 is 5.97 Å². The van der Waals surface area contributed by atoms with E-state index < -0.39 is 23.8 Å². The van der Waals surface area contributed by atoms with Gasteiger partial charge in [-0.2, -0.15) is 18.2 Å². The Kier molecular flexibility index (Phi) is 5.92. The van der Waals surface area contributed by atoms with Gasteiger partial charge in [-0.25, -0.2) is 4.79 Å². The van der Waals surface area contributed by atoms with Crippen molar-refractivity contribution in [2.45, 2.75) is 25.8 Å². The number of rotatable bonds is 7. The van der Waals surface area contributed by atoms with Crippen LogP contribution in [0.5, 0.6) is 0 Å². The molecule has 6 nitrogen and oxygen atoms in total. The summed E-state index contributed by atoms with van der Waals surface area (Å²) in [6.07, 6.45) is -3.70. The molecule has 2 rings (SSSR count). The molecule has 0 aliphatic heterocycles. The lowest BCUT2D eigenvalue weighted by Crippen LogP contribution is -2.23. The summed E-state index contributed by atoms with van der Waals surface area (Å²) in [4.78, 5) is 15.6. The zero-order chi connectivity index (χ0) is 18.4. The van der Waals surface area contributed by atoms with E-state index in [0.717, 1.165) is 12.1 Å². The normalized spacial score (nSPS) is 12.6. The number of carbonyl (C=O) groups excluding carboxylic acids is 1. The lowest BCUT2D eigenvalue weighted by Gasteiger charge is -2.09. The molecule has 1 aromatic carbocycles. The maximum atomic E-state index is 12.5. The average Bonchev–Trinajstić information content (AvgIpc) is 3.05. The van der Waals surface area contributed by atoms with Crippen LogP contribution in [0.1, 0.15) is 18.4 Å². The van der Waals surface area contributed by atoms with Gasteiger partial charge < -0.3 is 14.0 Å². The van der Waals surface area contributed by atoms with Crippen molar-refractivity contribution in [1.82, 2.24) is 10.1 Å². The average molecular weight is 356 g/mol. The number of ether oxygens (including phenoxy) is 2. The number of halogens is 3. The van der Waals surface area contributed by atoms with E-state index in [2.05, 4.69) is 16.7 Å². The van der Waals surface area contributed by atoms with Crippen LogP contribution in [0.15, 0.2) is 41.4 Å². The van der Waals surface area contributed by atoms with Gasteiger partial charge >= 0.3 is 12.1 Å². The third kappa shape index (κ3) is 5.15. The van der Waals surface area contributed by atoms with E-state index in [9.17, 15) is 18.0 Å². The largest absolute Gasteiger partial charge is 0.454 e. The predicted octanol–water partition coefficient (Wildman–Crippen LogP) is 3.39. The van der Waals surface area contributed by atoms with E-state index in [1.807, 2.05) is 0 Å². The monoisotopic (exact) mass is 356 g/mol. The fraction of sp³-hybridized carbons (Fsp3) is 0.312. The summed E-state index contributed by atoms with van der Waals surface area (Å²) in [7, 11) is 0. The van der Waals surface area contributed by atoms with E-state index >= 15 is 0 Å². The molecule has 0 fully saturated rings. The van der Waals surface area contributed by atoms with Crippen molar-refractivity contribution in [2.75, 3.05) is 6.61 Å². The Balaban J connectivity index is 1.96. The second-order valence-corrected chi connectivity index (χ2v) is 4.96. The molecule has 0 amide bonds. The maximum absolute atomic E-state index is 12.5. The summed E-state index contributed by atoms with van der Waals surface area (Å²) in [5.74, 6) is -0.508. The first-order valence-electron chi connectivity index (χ1n) is 7.20. The molecule has 134 valence electrons. The van der Waals surface area contributed by atoms with Gasteiger partial charge in [0.15, 0.2) is 12.7 Å². The summed E-state index contributed by atoms with van der Waals surface area (Å²) in [6.45, 7) is 4.92. The minimum absolute atomic E-state index is 0.0131. The van der Waals surface area contributed by atoms with Crippen LogP contribution in [0.3, 0.4) is 0 Å². The van der Waals surface area contributed by atoms with E-state index in [1.165, 1.54) is 25.1 Å². The topological polar surface area (TPSA) is 74.5 Å². The molecule has 0 aliphatic rings. The standard InChI is InChI=1S/C16H15F3N2O4/c1-3-8-23-10(2)15(22)24-9-13-20-14(21-25-13)11-4-6-12(7-5-11)16(17,18)19/h3-7,10H,1,8-9H2,2H3. The fourth-order valence-electron chi connectivity index (χ4n) is 1.77. The van der Waals surface area contributed by atoms with Gasteiger partial charge in [0.25, 0.3) is 5.89 Å². The van der Waals surface area contributed by atoms with Crippen molar-refractivity contribution in [3.63, 3.8) is 0 Å². The molecular weight excluding hydrogens is 341 g/mol.